The number of hydrogen-bond acceptors (Lipinski definition) is 4. The molecule has 0 aromatic heterocycles. The molecule has 0 aliphatic heterocycles. The van der Waals surface area contributed by atoms with Crippen LogP contribution in [0.2, 0.25) is 0 Å². The number of ether oxygens (including phenoxy) is 4. The molecule has 4 nitrogen and oxygen atoms in total. The van der Waals surface area contributed by atoms with Crippen molar-refractivity contribution in [1.82, 2.24) is 0 Å². The molecule has 19 rings (SSSR count). The summed E-state index contributed by atoms with van der Waals surface area (Å²) in [5.74, 6) is 6.68. The third kappa shape index (κ3) is 6.52. The lowest BCUT2D eigenvalue weighted by molar-refractivity contribution is -0.0282. The minimum absolute atomic E-state index is 0.117. The molecule has 8 aromatic carbocycles. The van der Waals surface area contributed by atoms with Gasteiger partial charge in [0.2, 0.25) is 0 Å². The van der Waals surface area contributed by atoms with E-state index in [2.05, 4.69) is 146 Å². The third-order valence-corrected chi connectivity index (χ3v) is 22.4. The summed E-state index contributed by atoms with van der Waals surface area (Å²) < 4.78 is 25.0. The summed E-state index contributed by atoms with van der Waals surface area (Å²) >= 11 is 0. The molecule has 0 heterocycles. The van der Waals surface area contributed by atoms with E-state index >= 15 is 0 Å². The van der Waals surface area contributed by atoms with E-state index in [4.69, 9.17) is 18.9 Å². The molecule has 0 unspecified atom stereocenters. The molecule has 0 amide bonds. The smallest absolute Gasteiger partial charge is 0.126 e. The molecule has 24 bridgehead atoms. The van der Waals surface area contributed by atoms with E-state index < -0.39 is 0 Å². The predicted molar refractivity (Wildman–Crippen MR) is 313 cm³/mol. The Labute approximate surface area is 460 Å². The van der Waals surface area contributed by atoms with Crippen LogP contribution in [0.1, 0.15) is 122 Å². The van der Waals surface area contributed by atoms with Gasteiger partial charge in [-0.1, -0.05) is 97.1 Å². The van der Waals surface area contributed by atoms with Gasteiger partial charge in [-0.25, -0.2) is 0 Å². The zero-order chi connectivity index (χ0) is 51.9. The minimum atomic E-state index is 0.117. The Hall–Kier alpha value is -7.04. The van der Waals surface area contributed by atoms with Crippen LogP contribution in [0.3, 0.4) is 0 Å². The van der Waals surface area contributed by atoms with Crippen molar-refractivity contribution in [2.75, 3.05) is 28.4 Å². The third-order valence-electron chi connectivity index (χ3n) is 22.4. The lowest BCUT2D eigenvalue weighted by Gasteiger charge is -2.63. The molecule has 8 aromatic rings. The highest BCUT2D eigenvalue weighted by atomic mass is 16.5. The first-order valence-corrected chi connectivity index (χ1v) is 29.4. The van der Waals surface area contributed by atoms with E-state index in [0.717, 1.165) is 35.8 Å². The van der Waals surface area contributed by atoms with E-state index in [0.29, 0.717) is 23.7 Å². The van der Waals surface area contributed by atoms with Gasteiger partial charge in [-0.05, 0) is 273 Å². The van der Waals surface area contributed by atoms with Crippen molar-refractivity contribution >= 4 is 0 Å². The normalized spacial score (nSPS) is 28.3. The quantitative estimate of drug-likeness (QED) is 0.176. The number of rotatable bonds is 4. The van der Waals surface area contributed by atoms with Gasteiger partial charge in [0.25, 0.3) is 0 Å². The molecule has 11 aliphatic rings. The van der Waals surface area contributed by atoms with Gasteiger partial charge >= 0.3 is 0 Å². The van der Waals surface area contributed by atoms with Crippen LogP contribution in [0.25, 0.3) is 66.8 Å². The zero-order valence-electron chi connectivity index (χ0n) is 45.7. The Bertz CT molecular complexity index is 3370. The van der Waals surface area contributed by atoms with E-state index in [1.807, 2.05) is 28.4 Å². The van der Waals surface area contributed by atoms with Gasteiger partial charge in [0.15, 0.2) is 0 Å². The van der Waals surface area contributed by atoms with Crippen LogP contribution in [0.15, 0.2) is 146 Å². The summed E-state index contributed by atoms with van der Waals surface area (Å²) in [6.45, 7) is 0. The second kappa shape index (κ2) is 16.3. The van der Waals surface area contributed by atoms with Gasteiger partial charge in [0.05, 0.1) is 28.4 Å². The van der Waals surface area contributed by atoms with Crippen molar-refractivity contribution in [2.45, 2.75) is 112 Å². The van der Waals surface area contributed by atoms with Crippen LogP contribution >= 0.6 is 0 Å². The highest BCUT2D eigenvalue weighted by Gasteiger charge is 2.60. The van der Waals surface area contributed by atoms with Crippen LogP contribution in [0, 0.1) is 23.7 Å². The molecular weight excluding hydrogens is 953 g/mol. The SMILES string of the molecule is COc1ccc2cc1-c1ccc3c(c1)Cc1cc(ccc1-3)-c1cc(ccc1OC)C13CC4CC(C1)CC(C4)(C3)c1ccc(OC)c(c1)-c1ccc3c(c1)Cc1cc(ccc1-3)-c1cc(ccc1OC)C13CC4CC(CC2(C4)C1)C3. The van der Waals surface area contributed by atoms with Crippen LogP contribution in [0.5, 0.6) is 23.0 Å². The number of methoxy groups -OCH3 is 4. The van der Waals surface area contributed by atoms with Crippen LogP contribution in [-0.2, 0) is 34.5 Å². The lowest BCUT2D eigenvalue weighted by Crippen LogP contribution is -2.55. The van der Waals surface area contributed by atoms with E-state index in [1.165, 1.54) is 188 Å². The fraction of sp³-hybridized carbons (Fsp3) is 0.351. The van der Waals surface area contributed by atoms with Gasteiger partial charge in [-0.15, -0.1) is 0 Å². The highest BCUT2D eigenvalue weighted by Crippen LogP contribution is 2.69. The van der Waals surface area contributed by atoms with Crippen molar-refractivity contribution in [3.63, 3.8) is 0 Å². The van der Waals surface area contributed by atoms with Crippen LogP contribution in [0.4, 0.5) is 0 Å². The van der Waals surface area contributed by atoms with Crippen molar-refractivity contribution in [2.24, 2.45) is 23.7 Å². The molecule has 4 spiro atoms. The summed E-state index contributed by atoms with van der Waals surface area (Å²) in [7, 11) is 7.38. The Morgan fingerprint density at radius 1 is 0.282 bits per heavy atom. The van der Waals surface area contributed by atoms with Crippen molar-refractivity contribution in [1.29, 1.82) is 0 Å². The average Bonchev–Trinajstić information content (AvgIpc) is 4.05. The first-order chi connectivity index (χ1) is 38.1. The predicted octanol–water partition coefficient (Wildman–Crippen LogP) is 17.4. The van der Waals surface area contributed by atoms with Crippen LogP contribution in [-0.4, -0.2) is 28.4 Å². The highest BCUT2D eigenvalue weighted by molar-refractivity contribution is 5.87. The summed E-state index contributed by atoms with van der Waals surface area (Å²) in [5, 5.41) is 0. The number of fused-ring (bicyclic) bond motifs is 18. The van der Waals surface area contributed by atoms with E-state index in [9.17, 15) is 0 Å². The molecule has 0 N–H and O–H groups in total. The average molecular weight is 1020 g/mol. The molecule has 0 radical (unpaired) electrons. The first kappa shape index (κ1) is 45.9. The molecule has 8 fully saturated rings. The Kier molecular flexibility index (Phi) is 9.59. The monoisotopic (exact) mass is 1020 g/mol. The zero-order valence-corrected chi connectivity index (χ0v) is 45.7. The molecular formula is C74H68O4. The summed E-state index contributed by atoms with van der Waals surface area (Å²) in [6.07, 6.45) is 17.0. The maximum atomic E-state index is 6.25. The fourth-order valence-corrected chi connectivity index (χ4v) is 20.0. The molecule has 8 saturated carbocycles. The summed E-state index contributed by atoms with van der Waals surface area (Å²) in [5.41, 5.74) is 27.3. The van der Waals surface area contributed by atoms with Crippen molar-refractivity contribution in [3.8, 4) is 89.8 Å². The Morgan fingerprint density at radius 3 is 0.756 bits per heavy atom. The van der Waals surface area contributed by atoms with Gasteiger partial charge in [-0.2, -0.15) is 0 Å². The van der Waals surface area contributed by atoms with Crippen LogP contribution < -0.4 is 18.9 Å². The molecule has 0 saturated heterocycles. The molecule has 388 valence electrons. The number of benzene rings is 8. The summed E-state index contributed by atoms with van der Waals surface area (Å²) in [6, 6.07) is 58.0. The Balaban J connectivity index is 0.828. The lowest BCUT2D eigenvalue weighted by atomic mass is 9.41. The van der Waals surface area contributed by atoms with E-state index in [1.54, 1.807) is 0 Å². The fourth-order valence-electron chi connectivity index (χ4n) is 20.0. The summed E-state index contributed by atoms with van der Waals surface area (Å²) in [4.78, 5) is 0. The van der Waals surface area contributed by atoms with Gasteiger partial charge in [0.1, 0.15) is 23.0 Å². The second-order valence-corrected chi connectivity index (χ2v) is 26.5. The van der Waals surface area contributed by atoms with Crippen molar-refractivity contribution < 1.29 is 18.9 Å². The molecule has 4 heteroatoms. The first-order valence-electron chi connectivity index (χ1n) is 29.4. The topological polar surface area (TPSA) is 36.9 Å². The molecule has 11 aliphatic carbocycles. The van der Waals surface area contributed by atoms with E-state index in [-0.39, 0.29) is 21.7 Å². The standard InChI is InChI=1S/C74H68O4/c1-75-67-17-9-55-29-63(67)47-5-13-59-51(23-47)27-52-24-48(6-14-60(52)59)65-31-57(11-19-69(65)77-3)73-37-45-22-46(38-73)40-74(39-45,42-73)58-12-20-70(78-4)66(32-58)50-8-16-62-54(26-50)28-53-25-49(7-15-61(53)62)64-30-56(10-18-68(64)76-2)72-35-43-21-44(36-72)34-71(55,33-43)41-72/h5-20,23-26,29-32,43-46H,21-22,27-28,33-42H2,1-4H3. The molecule has 0 atom stereocenters. The largest absolute Gasteiger partial charge is 0.496 e. The second-order valence-electron chi connectivity index (χ2n) is 26.5. The van der Waals surface area contributed by atoms with Crippen molar-refractivity contribution in [3.05, 3.63) is 190 Å². The number of hydrogen-bond donors (Lipinski definition) is 0. The van der Waals surface area contributed by atoms with Gasteiger partial charge in [0, 0.05) is 22.3 Å². The maximum Gasteiger partial charge on any atom is 0.126 e. The molecule has 78 heavy (non-hydrogen) atoms. The van der Waals surface area contributed by atoms with Gasteiger partial charge in [-0.3, -0.25) is 0 Å². The minimum Gasteiger partial charge on any atom is -0.496 e. The van der Waals surface area contributed by atoms with Gasteiger partial charge < -0.3 is 18.9 Å². The maximum absolute atomic E-state index is 6.25. The Morgan fingerprint density at radius 2 is 0.526 bits per heavy atom.